The zero-order valence-corrected chi connectivity index (χ0v) is 65.4. The average Bonchev–Trinajstić information content (AvgIpc) is 0.939. The van der Waals surface area contributed by atoms with E-state index < -0.39 is 97.5 Å². The van der Waals surface area contributed by atoms with E-state index in [1.165, 1.54) is 109 Å². The quantitative estimate of drug-likeness (QED) is 0.0169. The van der Waals surface area contributed by atoms with Crippen LogP contribution < -0.4 is 0 Å². The number of phosphoric ester groups is 2. The average molecular weight is 1450 g/mol. The molecule has 0 aliphatic rings. The second kappa shape index (κ2) is 73.8. The molecule has 0 aromatic heterocycles. The molecule has 3 N–H and O–H groups in total. The van der Waals surface area contributed by atoms with Crippen LogP contribution in [-0.4, -0.2) is 96.7 Å². The fourth-order valence-electron chi connectivity index (χ4n) is 11.1. The Morgan fingerprint density at radius 1 is 0.290 bits per heavy atom. The summed E-state index contributed by atoms with van der Waals surface area (Å²) in [6.07, 6.45) is 74.5. The highest BCUT2D eigenvalue weighted by Gasteiger charge is 2.30. The number of carbonyl (C=O) groups excluding carboxylic acids is 4. The molecule has 17 nitrogen and oxygen atoms in total. The van der Waals surface area contributed by atoms with Crippen LogP contribution in [0.25, 0.3) is 0 Å². The molecule has 0 bridgehead atoms. The van der Waals surface area contributed by atoms with Crippen LogP contribution in [0.4, 0.5) is 0 Å². The van der Waals surface area contributed by atoms with Crippen molar-refractivity contribution in [3.63, 3.8) is 0 Å². The normalized spacial score (nSPS) is 14.3. The number of phosphoric acid groups is 2. The van der Waals surface area contributed by atoms with Gasteiger partial charge in [-0.1, -0.05) is 312 Å². The van der Waals surface area contributed by atoms with Crippen LogP contribution in [-0.2, 0) is 65.4 Å². The molecule has 0 saturated heterocycles. The van der Waals surface area contributed by atoms with E-state index in [1.807, 2.05) is 0 Å². The van der Waals surface area contributed by atoms with Gasteiger partial charge in [-0.05, 0) is 96.3 Å². The van der Waals surface area contributed by atoms with Crippen molar-refractivity contribution in [1.82, 2.24) is 0 Å². The Hall–Kier alpha value is -3.50. The minimum Gasteiger partial charge on any atom is -0.462 e. The maximum absolute atomic E-state index is 13.1. The third kappa shape index (κ3) is 72.8. The van der Waals surface area contributed by atoms with Gasteiger partial charge in [0, 0.05) is 25.7 Å². The molecule has 0 amide bonds. The van der Waals surface area contributed by atoms with Gasteiger partial charge in [-0.2, -0.15) is 0 Å². The number of ether oxygens (including phenoxy) is 4. The van der Waals surface area contributed by atoms with Crippen LogP contribution in [0.3, 0.4) is 0 Å². The second-order valence-electron chi connectivity index (χ2n) is 27.0. The van der Waals surface area contributed by atoms with E-state index in [9.17, 15) is 43.2 Å². The van der Waals surface area contributed by atoms with Gasteiger partial charge >= 0.3 is 39.5 Å². The molecule has 582 valence electrons. The molecule has 0 heterocycles. The number of rotatable bonds is 76. The number of carbonyl (C=O) groups is 4. The van der Waals surface area contributed by atoms with Crippen molar-refractivity contribution in [3.8, 4) is 0 Å². The monoisotopic (exact) mass is 1450 g/mol. The Bertz CT molecular complexity index is 2180. The first kappa shape index (κ1) is 96.5. The Labute approximate surface area is 609 Å². The third-order valence-electron chi connectivity index (χ3n) is 17.2. The summed E-state index contributed by atoms with van der Waals surface area (Å²) >= 11 is 0. The summed E-state index contributed by atoms with van der Waals surface area (Å²) in [5, 5.41) is 10.6. The predicted molar refractivity (Wildman–Crippen MR) is 409 cm³/mol. The van der Waals surface area contributed by atoms with Crippen molar-refractivity contribution in [1.29, 1.82) is 0 Å². The van der Waals surface area contributed by atoms with Crippen LogP contribution in [0.1, 0.15) is 362 Å². The summed E-state index contributed by atoms with van der Waals surface area (Å²) in [6, 6.07) is 0. The van der Waals surface area contributed by atoms with Gasteiger partial charge in [0.25, 0.3) is 0 Å². The lowest BCUT2D eigenvalue weighted by Gasteiger charge is -2.21. The molecule has 0 aromatic rings. The number of aliphatic hydroxyl groups excluding tert-OH is 1. The third-order valence-corrected chi connectivity index (χ3v) is 19.1. The fourth-order valence-corrected chi connectivity index (χ4v) is 12.6. The summed E-state index contributed by atoms with van der Waals surface area (Å²) < 4.78 is 68.6. The molecule has 0 spiro atoms. The molecule has 5 atom stereocenters. The topological polar surface area (TPSA) is 237 Å². The highest BCUT2D eigenvalue weighted by atomic mass is 31.2. The molecule has 0 fully saturated rings. The maximum atomic E-state index is 13.1. The lowest BCUT2D eigenvalue weighted by molar-refractivity contribution is -0.161. The van der Waals surface area contributed by atoms with Crippen molar-refractivity contribution >= 4 is 39.5 Å². The Balaban J connectivity index is 5.28. The molecule has 5 unspecified atom stereocenters. The van der Waals surface area contributed by atoms with Gasteiger partial charge < -0.3 is 33.8 Å². The van der Waals surface area contributed by atoms with Crippen molar-refractivity contribution in [2.45, 2.75) is 380 Å². The summed E-state index contributed by atoms with van der Waals surface area (Å²) in [5.74, 6) is -2.17. The number of aliphatic hydroxyl groups is 1. The van der Waals surface area contributed by atoms with Crippen molar-refractivity contribution in [3.05, 3.63) is 72.9 Å². The van der Waals surface area contributed by atoms with Gasteiger partial charge in [0.2, 0.25) is 0 Å². The van der Waals surface area contributed by atoms with Crippen molar-refractivity contribution < 1.29 is 80.2 Å². The SMILES string of the molecule is CC/C=C\C/C=C\C/C=C\CCCCCCCCCC(=O)OCC(COP(=O)(O)OCC(O)COP(=O)(O)OCC(COC(=O)CCCCCCCC/C=C\C/C=C\C/C=C\CCCCC)OC(=O)CCCCCCCCCCCCC)OC(=O)CCCCCCCCCCCCCCC. The largest absolute Gasteiger partial charge is 0.472 e. The molecule has 19 heteroatoms. The molecule has 0 rings (SSSR count). The Kier molecular flexibility index (Phi) is 71.2. The van der Waals surface area contributed by atoms with Gasteiger partial charge in [0.05, 0.1) is 26.4 Å². The number of unbranched alkanes of at least 4 members (excludes halogenated alkanes) is 38. The second-order valence-corrected chi connectivity index (χ2v) is 29.9. The lowest BCUT2D eigenvalue weighted by Crippen LogP contribution is -2.30. The maximum Gasteiger partial charge on any atom is 0.472 e. The van der Waals surface area contributed by atoms with Crippen molar-refractivity contribution in [2.75, 3.05) is 39.6 Å². The zero-order chi connectivity index (χ0) is 73.2. The van der Waals surface area contributed by atoms with E-state index in [-0.39, 0.29) is 25.7 Å². The van der Waals surface area contributed by atoms with E-state index in [1.54, 1.807) is 0 Å². The van der Waals surface area contributed by atoms with Gasteiger partial charge in [0.1, 0.15) is 19.3 Å². The van der Waals surface area contributed by atoms with Gasteiger partial charge in [-0.15, -0.1) is 0 Å². The Morgan fingerprint density at radius 2 is 0.520 bits per heavy atom. The first-order chi connectivity index (χ1) is 48.7. The summed E-state index contributed by atoms with van der Waals surface area (Å²) in [6.45, 7) is 4.77. The van der Waals surface area contributed by atoms with Crippen LogP contribution in [0.15, 0.2) is 72.9 Å². The molecule has 0 radical (unpaired) electrons. The van der Waals surface area contributed by atoms with E-state index in [4.69, 9.17) is 37.0 Å². The molecule has 0 aliphatic heterocycles. The highest BCUT2D eigenvalue weighted by Crippen LogP contribution is 2.45. The standard InChI is InChI=1S/C81H146O17P2/c1-5-9-13-17-21-25-29-32-34-36-37-39-41-44-47-50-54-58-62-66-78(83)91-71-76(97-80(85)67-63-59-55-51-45-28-24-20-16-12-8-4)73-95-99(87,88)93-69-75(82)70-94-100(89,90)96-74-77(98-81(86)68-64-60-56-52-48-42-31-27-23-19-15-11-7-3)72-92-79(84)65-61-57-53-49-46-43-40-38-35-33-30-26-22-18-14-10-6-2/h10,14,21-22,25-26,32-35,37,39,75-77,82H,5-9,11-13,15-20,23-24,27-31,36,38,40-74H2,1-4H3,(H,87,88)(H,89,90)/b14-10-,25-21-,26-22-,34-32-,35-33-,39-37-. The first-order valence-electron chi connectivity index (χ1n) is 40.2. The van der Waals surface area contributed by atoms with Gasteiger partial charge in [0.15, 0.2) is 12.2 Å². The van der Waals surface area contributed by atoms with E-state index >= 15 is 0 Å². The Morgan fingerprint density at radius 3 is 0.820 bits per heavy atom. The summed E-state index contributed by atoms with van der Waals surface area (Å²) in [5.41, 5.74) is 0. The van der Waals surface area contributed by atoms with Gasteiger partial charge in [-0.3, -0.25) is 37.3 Å². The van der Waals surface area contributed by atoms with E-state index in [0.717, 1.165) is 173 Å². The minimum atomic E-state index is -4.97. The van der Waals surface area contributed by atoms with Crippen LogP contribution in [0.5, 0.6) is 0 Å². The van der Waals surface area contributed by atoms with Crippen LogP contribution in [0, 0.1) is 0 Å². The number of esters is 4. The van der Waals surface area contributed by atoms with Gasteiger partial charge in [-0.25, -0.2) is 9.13 Å². The predicted octanol–water partition coefficient (Wildman–Crippen LogP) is 23.2. The fraction of sp³-hybridized carbons (Fsp3) is 0.802. The molecule has 0 saturated carbocycles. The highest BCUT2D eigenvalue weighted by molar-refractivity contribution is 7.47. The van der Waals surface area contributed by atoms with Crippen molar-refractivity contribution in [2.24, 2.45) is 0 Å². The minimum absolute atomic E-state index is 0.0971. The van der Waals surface area contributed by atoms with Crippen LogP contribution in [0.2, 0.25) is 0 Å². The molecule has 0 aliphatic carbocycles. The first-order valence-corrected chi connectivity index (χ1v) is 43.2. The number of allylic oxidation sites excluding steroid dienone is 12. The number of hydrogen-bond acceptors (Lipinski definition) is 15. The summed E-state index contributed by atoms with van der Waals surface area (Å²) in [7, 11) is -9.94. The lowest BCUT2D eigenvalue weighted by atomic mass is 10.0. The van der Waals surface area contributed by atoms with E-state index in [0.29, 0.717) is 25.7 Å². The molecular weight excluding hydrogens is 1310 g/mol. The van der Waals surface area contributed by atoms with E-state index in [2.05, 4.69) is 101 Å². The van der Waals surface area contributed by atoms with Crippen LogP contribution >= 0.6 is 15.6 Å². The zero-order valence-electron chi connectivity index (χ0n) is 63.6. The smallest absolute Gasteiger partial charge is 0.462 e. The summed E-state index contributed by atoms with van der Waals surface area (Å²) in [4.78, 5) is 72.9. The number of hydrogen-bond donors (Lipinski definition) is 3. The molecule has 100 heavy (non-hydrogen) atoms. The molecule has 0 aromatic carbocycles. The molecular formula is C81H146O17P2.